The van der Waals surface area contributed by atoms with Crippen LogP contribution >= 0.6 is 11.3 Å². The number of carboxylic acid groups (broad SMARTS) is 1. The molecule has 49 heavy (non-hydrogen) atoms. The molecule has 0 radical (unpaired) electrons. The highest BCUT2D eigenvalue weighted by Gasteiger charge is 2.70. The third-order valence-electron chi connectivity index (χ3n) is 15.5. The first-order valence-electron chi connectivity index (χ1n) is 19.1. The van der Waals surface area contributed by atoms with E-state index >= 15 is 0 Å². The molecule has 0 spiro atoms. The van der Waals surface area contributed by atoms with Gasteiger partial charge in [-0.3, -0.25) is 19.4 Å². The van der Waals surface area contributed by atoms with Crippen LogP contribution in [0.4, 0.5) is 0 Å². The monoisotopic (exact) mass is 694 g/mol. The number of carbonyl (C=O) groups is 3. The molecule has 4 fully saturated rings. The Balaban J connectivity index is 1.25. The molecule has 2 N–H and O–H groups in total. The van der Waals surface area contributed by atoms with Gasteiger partial charge in [0.15, 0.2) is 5.78 Å². The van der Waals surface area contributed by atoms with Gasteiger partial charge in [-0.05, 0) is 124 Å². The Labute approximate surface area is 298 Å². The van der Waals surface area contributed by atoms with Crippen molar-refractivity contribution >= 4 is 29.1 Å². The van der Waals surface area contributed by atoms with E-state index in [1.165, 1.54) is 17.7 Å². The van der Waals surface area contributed by atoms with E-state index in [4.69, 9.17) is 4.74 Å². The van der Waals surface area contributed by atoms with E-state index in [-0.39, 0.29) is 45.5 Å². The van der Waals surface area contributed by atoms with Gasteiger partial charge in [0.1, 0.15) is 6.10 Å². The smallest absolute Gasteiger partial charge is 0.309 e. The zero-order valence-corrected chi connectivity index (χ0v) is 32.5. The van der Waals surface area contributed by atoms with Gasteiger partial charge in [-0.1, -0.05) is 54.0 Å². The molecule has 7 nitrogen and oxygen atoms in total. The van der Waals surface area contributed by atoms with Crippen LogP contribution in [0, 0.1) is 56.2 Å². The Morgan fingerprint density at radius 2 is 1.76 bits per heavy atom. The molecule has 272 valence electrons. The number of allylic oxidation sites excluding steroid dienone is 2. The molecule has 0 aliphatic heterocycles. The van der Waals surface area contributed by atoms with E-state index in [9.17, 15) is 19.5 Å². The molecule has 0 amide bonds. The van der Waals surface area contributed by atoms with Crippen LogP contribution in [0.2, 0.25) is 0 Å². The Bertz CT molecular complexity index is 1500. The highest BCUT2D eigenvalue weighted by Crippen LogP contribution is 2.77. The minimum absolute atomic E-state index is 0.0228. The standard InChI is InChI=1S/C41H62N2O5S/c1-25(2)33-28(44)20-41(18-19-42-22-26-23-43-24-49-26)17-16-39(8)27(34(33)41)10-11-30-38(7)14-13-31(48-32(45)21-36(3,4)35(46)47)37(5,6)29(38)12-15-40(30,39)9/h23-25,27,29-31,42H,10-22H2,1-9H3,(H,46,47)/t27-,29?,30?,31+,38+,39-,40-,41-/m1/s1. The Hall–Kier alpha value is -2.06. The van der Waals surface area contributed by atoms with Crippen molar-refractivity contribution in [3.8, 4) is 0 Å². The van der Waals surface area contributed by atoms with Crippen molar-refractivity contribution in [1.82, 2.24) is 10.3 Å². The summed E-state index contributed by atoms with van der Waals surface area (Å²) in [6.45, 7) is 21.8. The molecule has 4 saturated carbocycles. The molecule has 0 saturated heterocycles. The fourth-order valence-electron chi connectivity index (χ4n) is 12.7. The van der Waals surface area contributed by atoms with Gasteiger partial charge in [0.2, 0.25) is 0 Å². The van der Waals surface area contributed by atoms with Gasteiger partial charge < -0.3 is 15.2 Å². The second-order valence-corrected chi connectivity index (χ2v) is 20.0. The molecular weight excluding hydrogens is 633 g/mol. The highest BCUT2D eigenvalue weighted by atomic mass is 32.1. The molecular formula is C41H62N2O5S. The summed E-state index contributed by atoms with van der Waals surface area (Å²) >= 11 is 1.69. The number of carbonyl (C=O) groups excluding carboxylic acids is 2. The van der Waals surface area contributed by atoms with Crippen LogP contribution in [-0.4, -0.2) is 40.5 Å². The first-order chi connectivity index (χ1) is 22.8. The summed E-state index contributed by atoms with van der Waals surface area (Å²) in [5.74, 6) is 0.705. The molecule has 1 aromatic heterocycles. The molecule has 1 aromatic rings. The van der Waals surface area contributed by atoms with Crippen molar-refractivity contribution < 1.29 is 24.2 Å². The van der Waals surface area contributed by atoms with E-state index < -0.39 is 17.4 Å². The van der Waals surface area contributed by atoms with Gasteiger partial charge in [0.05, 0.1) is 17.3 Å². The number of carboxylic acids is 1. The molecule has 2 unspecified atom stereocenters. The van der Waals surface area contributed by atoms with Crippen molar-refractivity contribution in [2.24, 2.45) is 56.2 Å². The van der Waals surface area contributed by atoms with Crippen molar-refractivity contribution in [3.05, 3.63) is 27.7 Å². The lowest BCUT2D eigenvalue weighted by atomic mass is 9.33. The lowest BCUT2D eigenvalue weighted by Crippen LogP contribution is -2.65. The number of Topliss-reactive ketones (excluding diaryl/α,β-unsaturated/α-hetero) is 1. The van der Waals surface area contributed by atoms with Gasteiger partial charge in [0, 0.05) is 34.9 Å². The summed E-state index contributed by atoms with van der Waals surface area (Å²) in [6, 6.07) is 0. The Morgan fingerprint density at radius 3 is 2.41 bits per heavy atom. The average Bonchev–Trinajstić information content (AvgIpc) is 3.62. The summed E-state index contributed by atoms with van der Waals surface area (Å²) in [4.78, 5) is 44.2. The topological polar surface area (TPSA) is 106 Å². The second kappa shape index (κ2) is 12.6. The predicted octanol–water partition coefficient (Wildman–Crippen LogP) is 9.02. The summed E-state index contributed by atoms with van der Waals surface area (Å²) in [5, 5.41) is 13.3. The summed E-state index contributed by atoms with van der Waals surface area (Å²) in [6.07, 6.45) is 12.0. The maximum Gasteiger partial charge on any atom is 0.309 e. The maximum absolute atomic E-state index is 13.9. The minimum Gasteiger partial charge on any atom is -0.481 e. The van der Waals surface area contributed by atoms with Crippen LogP contribution in [0.25, 0.3) is 0 Å². The summed E-state index contributed by atoms with van der Waals surface area (Å²) in [5.41, 5.74) is 3.64. The number of aromatic nitrogens is 1. The molecule has 5 aliphatic carbocycles. The molecule has 5 aliphatic rings. The van der Waals surface area contributed by atoms with Crippen LogP contribution < -0.4 is 5.32 Å². The zero-order valence-electron chi connectivity index (χ0n) is 31.7. The van der Waals surface area contributed by atoms with Gasteiger partial charge >= 0.3 is 11.9 Å². The number of ether oxygens (including phenoxy) is 1. The molecule has 0 aromatic carbocycles. The molecule has 8 heteroatoms. The first-order valence-corrected chi connectivity index (χ1v) is 20.0. The average molecular weight is 695 g/mol. The van der Waals surface area contributed by atoms with Crippen LogP contribution in [-0.2, 0) is 25.7 Å². The maximum atomic E-state index is 13.9. The molecule has 8 atom stereocenters. The van der Waals surface area contributed by atoms with E-state index in [2.05, 4.69) is 58.8 Å². The SMILES string of the molecule is CC(C)C1=C2[C@H]3CCC4[C@@]5(C)CC[C@H](OC(=O)CC(C)(C)C(=O)O)C(C)(C)C5CC[C@@]4(C)[C@]3(C)CC[C@@]2(CCNCc2cncs2)CC1=O. The van der Waals surface area contributed by atoms with Crippen LogP contribution in [0.1, 0.15) is 138 Å². The first kappa shape index (κ1) is 36.7. The number of nitrogens with one attached hydrogen (secondary N) is 1. The van der Waals surface area contributed by atoms with E-state index in [0.29, 0.717) is 30.0 Å². The molecule has 1 heterocycles. The van der Waals surface area contributed by atoms with Crippen molar-refractivity contribution in [2.75, 3.05) is 6.54 Å². The summed E-state index contributed by atoms with van der Waals surface area (Å²) < 4.78 is 6.17. The molecule has 6 rings (SSSR count). The third-order valence-corrected chi connectivity index (χ3v) is 16.3. The quantitative estimate of drug-likeness (QED) is 0.186. The third kappa shape index (κ3) is 5.77. The van der Waals surface area contributed by atoms with Crippen LogP contribution in [0.15, 0.2) is 22.9 Å². The number of fused-ring (bicyclic) bond motifs is 7. The Kier molecular flexibility index (Phi) is 9.41. The number of hydrogen-bond donors (Lipinski definition) is 2. The number of thiazole rings is 1. The number of rotatable bonds is 10. The fraction of sp³-hybridized carbons (Fsp3) is 0.805. The highest BCUT2D eigenvalue weighted by molar-refractivity contribution is 7.09. The predicted molar refractivity (Wildman–Crippen MR) is 194 cm³/mol. The van der Waals surface area contributed by atoms with E-state index in [1.54, 1.807) is 30.8 Å². The van der Waals surface area contributed by atoms with Crippen LogP contribution in [0.5, 0.6) is 0 Å². The van der Waals surface area contributed by atoms with Gasteiger partial charge in [-0.25, -0.2) is 0 Å². The second-order valence-electron chi connectivity index (χ2n) is 19.1. The molecule has 0 bridgehead atoms. The van der Waals surface area contributed by atoms with Gasteiger partial charge in [0.25, 0.3) is 0 Å². The largest absolute Gasteiger partial charge is 0.481 e. The number of aliphatic carboxylic acids is 1. The fourth-order valence-corrected chi connectivity index (χ4v) is 13.3. The van der Waals surface area contributed by atoms with Crippen molar-refractivity contribution in [3.63, 3.8) is 0 Å². The Morgan fingerprint density at radius 1 is 1.02 bits per heavy atom. The van der Waals surface area contributed by atoms with Crippen molar-refractivity contribution in [2.45, 2.75) is 146 Å². The zero-order chi connectivity index (χ0) is 35.8. The number of nitrogens with zero attached hydrogens (tertiary/aromatic N) is 1. The van der Waals surface area contributed by atoms with Gasteiger partial charge in [-0.2, -0.15) is 0 Å². The normalized spacial score (nSPS) is 38.4. The van der Waals surface area contributed by atoms with E-state index in [1.807, 2.05) is 11.7 Å². The lowest BCUT2D eigenvalue weighted by Gasteiger charge is -2.72. The number of hydrogen-bond acceptors (Lipinski definition) is 7. The van der Waals surface area contributed by atoms with Gasteiger partial charge in [-0.15, -0.1) is 11.3 Å². The summed E-state index contributed by atoms with van der Waals surface area (Å²) in [7, 11) is 0. The van der Waals surface area contributed by atoms with E-state index in [0.717, 1.165) is 63.6 Å². The van der Waals surface area contributed by atoms with Crippen LogP contribution in [0.3, 0.4) is 0 Å². The van der Waals surface area contributed by atoms with Crippen molar-refractivity contribution in [1.29, 1.82) is 0 Å². The minimum atomic E-state index is -1.14. The number of esters is 1. The lowest BCUT2D eigenvalue weighted by molar-refractivity contribution is -0.233. The number of ketones is 1.